The molecule has 0 fully saturated rings. The van der Waals surface area contributed by atoms with Gasteiger partial charge in [0.05, 0.1) is 13.2 Å². The van der Waals surface area contributed by atoms with E-state index in [9.17, 15) is 4.79 Å². The van der Waals surface area contributed by atoms with Gasteiger partial charge in [0, 0.05) is 5.56 Å². The van der Waals surface area contributed by atoms with E-state index in [2.05, 4.69) is 18.2 Å². The van der Waals surface area contributed by atoms with Gasteiger partial charge in [-0.1, -0.05) is 42.5 Å². The molecule has 0 aromatic heterocycles. The lowest BCUT2D eigenvalue weighted by atomic mass is 9.96. The van der Waals surface area contributed by atoms with E-state index < -0.39 is 0 Å². The van der Waals surface area contributed by atoms with Gasteiger partial charge in [0.15, 0.2) is 5.78 Å². The topological polar surface area (TPSA) is 26.3 Å². The van der Waals surface area contributed by atoms with Gasteiger partial charge < -0.3 is 4.74 Å². The van der Waals surface area contributed by atoms with Gasteiger partial charge >= 0.3 is 0 Å². The number of benzene rings is 2. The highest BCUT2D eigenvalue weighted by atomic mass is 16.5. The summed E-state index contributed by atoms with van der Waals surface area (Å²) >= 11 is 0. The second kappa shape index (κ2) is 4.39. The van der Waals surface area contributed by atoms with Crippen molar-refractivity contribution in [1.29, 1.82) is 0 Å². The lowest BCUT2D eigenvalue weighted by molar-refractivity contribution is 0.101. The summed E-state index contributed by atoms with van der Waals surface area (Å²) in [4.78, 5) is 11.3. The molecule has 1 heterocycles. The van der Waals surface area contributed by atoms with E-state index in [4.69, 9.17) is 4.74 Å². The van der Waals surface area contributed by atoms with E-state index in [1.54, 1.807) is 6.92 Å². The van der Waals surface area contributed by atoms with Crippen molar-refractivity contribution in [2.45, 2.75) is 20.1 Å². The van der Waals surface area contributed by atoms with Crippen LogP contribution in [0.4, 0.5) is 0 Å². The molecule has 1 aliphatic heterocycles. The van der Waals surface area contributed by atoms with Crippen molar-refractivity contribution in [1.82, 2.24) is 0 Å². The van der Waals surface area contributed by atoms with Crippen LogP contribution in [0, 0.1) is 0 Å². The fourth-order valence-corrected chi connectivity index (χ4v) is 2.36. The molecule has 3 rings (SSSR count). The van der Waals surface area contributed by atoms with Crippen molar-refractivity contribution in [3.8, 4) is 11.1 Å². The maximum Gasteiger partial charge on any atom is 0.159 e. The number of fused-ring (bicyclic) bond motifs is 1. The molecule has 90 valence electrons. The summed E-state index contributed by atoms with van der Waals surface area (Å²) in [6, 6.07) is 14.0. The fraction of sp³-hybridized carbons (Fsp3) is 0.188. The number of ketones is 1. The molecular weight excluding hydrogens is 224 g/mol. The van der Waals surface area contributed by atoms with Crippen LogP contribution in [0.3, 0.4) is 0 Å². The van der Waals surface area contributed by atoms with Gasteiger partial charge in [0.2, 0.25) is 0 Å². The summed E-state index contributed by atoms with van der Waals surface area (Å²) in [5.74, 6) is 0.100. The second-order valence-corrected chi connectivity index (χ2v) is 4.57. The van der Waals surface area contributed by atoms with Crippen LogP contribution in [0.15, 0.2) is 42.5 Å². The van der Waals surface area contributed by atoms with Crippen LogP contribution in [0.25, 0.3) is 11.1 Å². The van der Waals surface area contributed by atoms with E-state index in [1.807, 2.05) is 24.3 Å². The Morgan fingerprint density at radius 2 is 1.83 bits per heavy atom. The number of hydrogen-bond acceptors (Lipinski definition) is 2. The van der Waals surface area contributed by atoms with Crippen molar-refractivity contribution in [2.75, 3.05) is 0 Å². The summed E-state index contributed by atoms with van der Waals surface area (Å²) in [6.45, 7) is 2.97. The standard InChI is InChI=1S/C16H14O2/c1-11(17)12-5-7-13(8-6-12)15-4-2-3-14-9-18-10-16(14)15/h2-8H,9-10H2,1H3. The van der Waals surface area contributed by atoms with Gasteiger partial charge in [-0.3, -0.25) is 4.79 Å². The third-order valence-electron chi connectivity index (χ3n) is 3.38. The molecule has 2 aromatic carbocycles. The van der Waals surface area contributed by atoms with Crippen molar-refractivity contribution in [3.05, 3.63) is 59.2 Å². The molecule has 0 amide bonds. The number of carbonyl (C=O) groups excluding carboxylic acids is 1. The molecule has 18 heavy (non-hydrogen) atoms. The molecule has 0 aliphatic carbocycles. The zero-order chi connectivity index (χ0) is 12.5. The highest BCUT2D eigenvalue weighted by molar-refractivity contribution is 5.94. The van der Waals surface area contributed by atoms with Crippen molar-refractivity contribution >= 4 is 5.78 Å². The quantitative estimate of drug-likeness (QED) is 0.747. The smallest absolute Gasteiger partial charge is 0.159 e. The summed E-state index contributed by atoms with van der Waals surface area (Å²) < 4.78 is 5.48. The lowest BCUT2D eigenvalue weighted by Gasteiger charge is -2.07. The number of Topliss-reactive ketones (excluding diaryl/α,β-unsaturated/α-hetero) is 1. The van der Waals surface area contributed by atoms with Gasteiger partial charge in [0.25, 0.3) is 0 Å². The Kier molecular flexibility index (Phi) is 2.73. The van der Waals surface area contributed by atoms with Gasteiger partial charge in [-0.2, -0.15) is 0 Å². The normalized spacial score (nSPS) is 13.4. The van der Waals surface area contributed by atoms with Crippen LogP contribution in [-0.4, -0.2) is 5.78 Å². The number of ether oxygens (including phenoxy) is 1. The van der Waals surface area contributed by atoms with E-state index in [0.29, 0.717) is 13.2 Å². The molecule has 2 heteroatoms. The van der Waals surface area contributed by atoms with Gasteiger partial charge in [0.1, 0.15) is 0 Å². The Bertz CT molecular complexity index is 597. The average molecular weight is 238 g/mol. The van der Waals surface area contributed by atoms with Crippen molar-refractivity contribution in [2.24, 2.45) is 0 Å². The maximum absolute atomic E-state index is 11.3. The van der Waals surface area contributed by atoms with Gasteiger partial charge in [-0.25, -0.2) is 0 Å². The zero-order valence-electron chi connectivity index (χ0n) is 10.3. The molecule has 0 radical (unpaired) electrons. The van der Waals surface area contributed by atoms with Crippen LogP contribution in [-0.2, 0) is 18.0 Å². The SMILES string of the molecule is CC(=O)c1ccc(-c2cccc3c2COC3)cc1. The molecule has 0 saturated carbocycles. The van der Waals surface area contributed by atoms with Crippen LogP contribution in [0.5, 0.6) is 0 Å². The van der Waals surface area contributed by atoms with E-state index >= 15 is 0 Å². The van der Waals surface area contributed by atoms with E-state index in [-0.39, 0.29) is 5.78 Å². The molecule has 0 spiro atoms. The van der Waals surface area contributed by atoms with Crippen LogP contribution in [0.2, 0.25) is 0 Å². The zero-order valence-corrected chi connectivity index (χ0v) is 10.3. The van der Waals surface area contributed by atoms with Crippen LogP contribution < -0.4 is 0 Å². The van der Waals surface area contributed by atoms with Crippen molar-refractivity contribution in [3.63, 3.8) is 0 Å². The van der Waals surface area contributed by atoms with Crippen LogP contribution in [0.1, 0.15) is 28.4 Å². The molecule has 2 nitrogen and oxygen atoms in total. The molecule has 0 N–H and O–H groups in total. The summed E-state index contributed by atoms with van der Waals surface area (Å²) in [5, 5.41) is 0. The van der Waals surface area contributed by atoms with Gasteiger partial charge in [-0.15, -0.1) is 0 Å². The highest BCUT2D eigenvalue weighted by Gasteiger charge is 2.15. The van der Waals surface area contributed by atoms with E-state index in [0.717, 1.165) is 11.1 Å². The second-order valence-electron chi connectivity index (χ2n) is 4.57. The molecule has 1 aliphatic rings. The minimum Gasteiger partial charge on any atom is -0.372 e. The van der Waals surface area contributed by atoms with E-state index in [1.165, 1.54) is 16.7 Å². The number of rotatable bonds is 2. The third kappa shape index (κ3) is 1.85. The predicted octanol–water partition coefficient (Wildman–Crippen LogP) is 3.59. The highest BCUT2D eigenvalue weighted by Crippen LogP contribution is 2.31. The Labute approximate surface area is 106 Å². The largest absolute Gasteiger partial charge is 0.372 e. The molecule has 0 bridgehead atoms. The number of hydrogen-bond donors (Lipinski definition) is 0. The van der Waals surface area contributed by atoms with Gasteiger partial charge in [-0.05, 0) is 29.2 Å². The third-order valence-corrected chi connectivity index (χ3v) is 3.38. The Balaban J connectivity index is 2.05. The monoisotopic (exact) mass is 238 g/mol. The Morgan fingerprint density at radius 1 is 1.06 bits per heavy atom. The minimum absolute atomic E-state index is 0.100. The molecule has 0 unspecified atom stereocenters. The minimum atomic E-state index is 0.100. The first-order valence-corrected chi connectivity index (χ1v) is 6.05. The summed E-state index contributed by atoms with van der Waals surface area (Å²) in [7, 11) is 0. The Morgan fingerprint density at radius 3 is 2.56 bits per heavy atom. The summed E-state index contributed by atoms with van der Waals surface area (Å²) in [5.41, 5.74) is 5.64. The predicted molar refractivity (Wildman–Crippen MR) is 70.4 cm³/mol. The van der Waals surface area contributed by atoms with Crippen LogP contribution >= 0.6 is 0 Å². The molecule has 0 atom stereocenters. The Hall–Kier alpha value is -1.93. The first-order valence-electron chi connectivity index (χ1n) is 6.05. The molecule has 2 aromatic rings. The molecular formula is C16H14O2. The number of carbonyl (C=O) groups is 1. The fourth-order valence-electron chi connectivity index (χ4n) is 2.36. The first kappa shape index (κ1) is 11.2. The van der Waals surface area contributed by atoms with Crippen molar-refractivity contribution < 1.29 is 9.53 Å². The maximum atomic E-state index is 11.3. The average Bonchev–Trinajstić information content (AvgIpc) is 2.87. The molecule has 0 saturated heterocycles. The first-order chi connectivity index (χ1) is 8.75. The lowest BCUT2D eigenvalue weighted by Crippen LogP contribution is -1.92. The summed E-state index contributed by atoms with van der Waals surface area (Å²) in [6.07, 6.45) is 0.